The normalized spacial score (nSPS) is 14.8. The van der Waals surface area contributed by atoms with Gasteiger partial charge in [-0.25, -0.2) is 4.98 Å². The van der Waals surface area contributed by atoms with Gasteiger partial charge in [-0.2, -0.15) is 0 Å². The number of amides is 1. The van der Waals surface area contributed by atoms with Crippen LogP contribution in [-0.4, -0.2) is 24.0 Å². The molecule has 1 fully saturated rings. The van der Waals surface area contributed by atoms with Gasteiger partial charge in [-0.05, 0) is 42.7 Å². The monoisotopic (exact) mass is 339 g/mol. The number of rotatable bonds is 6. The maximum Gasteiger partial charge on any atom is 0.270 e. The highest BCUT2D eigenvalue weighted by Gasteiger charge is 2.13. The van der Waals surface area contributed by atoms with E-state index in [-0.39, 0.29) is 5.91 Å². The lowest BCUT2D eigenvalue weighted by Gasteiger charge is -2.23. The highest BCUT2D eigenvalue weighted by atomic mass is 16.5. The molecule has 5 nitrogen and oxygen atoms in total. The van der Waals surface area contributed by atoms with Gasteiger partial charge in [-0.3, -0.25) is 4.79 Å². The summed E-state index contributed by atoms with van der Waals surface area (Å²) in [6, 6.07) is 11.9. The molecule has 132 valence electrons. The molecule has 0 atom stereocenters. The fourth-order valence-electron chi connectivity index (χ4n) is 3.11. The largest absolute Gasteiger partial charge is 0.497 e. The maximum absolute atomic E-state index is 12.2. The average Bonchev–Trinajstić information content (AvgIpc) is 2.68. The number of carbonyl (C=O) groups is 1. The van der Waals surface area contributed by atoms with Gasteiger partial charge in [0.25, 0.3) is 5.91 Å². The Morgan fingerprint density at radius 3 is 2.52 bits per heavy atom. The van der Waals surface area contributed by atoms with Crippen molar-refractivity contribution in [3.63, 3.8) is 0 Å². The zero-order chi connectivity index (χ0) is 17.5. The van der Waals surface area contributed by atoms with Crippen LogP contribution >= 0.6 is 0 Å². The van der Waals surface area contributed by atoms with Crippen LogP contribution in [-0.2, 0) is 6.54 Å². The van der Waals surface area contributed by atoms with E-state index in [9.17, 15) is 4.79 Å². The molecule has 2 N–H and O–H groups in total. The van der Waals surface area contributed by atoms with Gasteiger partial charge in [-0.1, -0.05) is 31.4 Å². The number of benzene rings is 1. The van der Waals surface area contributed by atoms with Crippen molar-refractivity contribution in [1.82, 2.24) is 10.3 Å². The molecule has 1 aromatic heterocycles. The molecule has 1 aliphatic carbocycles. The van der Waals surface area contributed by atoms with E-state index in [4.69, 9.17) is 4.74 Å². The van der Waals surface area contributed by atoms with E-state index < -0.39 is 0 Å². The summed E-state index contributed by atoms with van der Waals surface area (Å²) >= 11 is 0. The van der Waals surface area contributed by atoms with Crippen molar-refractivity contribution in [3.8, 4) is 5.75 Å². The molecule has 0 bridgehead atoms. The Hall–Kier alpha value is -2.56. The molecule has 0 unspecified atom stereocenters. The second-order valence-electron chi connectivity index (χ2n) is 6.44. The van der Waals surface area contributed by atoms with Gasteiger partial charge >= 0.3 is 0 Å². The zero-order valence-corrected chi connectivity index (χ0v) is 14.6. The second kappa shape index (κ2) is 8.51. The van der Waals surface area contributed by atoms with Crippen molar-refractivity contribution in [1.29, 1.82) is 0 Å². The SMILES string of the molecule is COc1ccc(CNC(=O)c2ccc(NC3CCCCC3)cn2)cc1. The molecule has 1 heterocycles. The Labute approximate surface area is 148 Å². The summed E-state index contributed by atoms with van der Waals surface area (Å²) in [6.45, 7) is 0.465. The first-order valence-electron chi connectivity index (χ1n) is 8.88. The molecular formula is C20H25N3O2. The Bertz CT molecular complexity index is 677. The number of anilines is 1. The molecule has 1 aliphatic rings. The third-order valence-electron chi connectivity index (χ3n) is 4.58. The van der Waals surface area contributed by atoms with Crippen molar-refractivity contribution >= 4 is 11.6 Å². The lowest BCUT2D eigenvalue weighted by atomic mass is 9.95. The molecule has 0 spiro atoms. The molecular weight excluding hydrogens is 314 g/mol. The Kier molecular flexibility index (Phi) is 5.88. The van der Waals surface area contributed by atoms with Crippen LogP contribution in [0.4, 0.5) is 5.69 Å². The summed E-state index contributed by atoms with van der Waals surface area (Å²) in [7, 11) is 1.63. The number of methoxy groups -OCH3 is 1. The number of hydrogen-bond acceptors (Lipinski definition) is 4. The molecule has 0 radical (unpaired) electrons. The lowest BCUT2D eigenvalue weighted by molar-refractivity contribution is 0.0946. The van der Waals surface area contributed by atoms with Crippen LogP contribution in [0.15, 0.2) is 42.6 Å². The Balaban J connectivity index is 1.51. The number of carbonyl (C=O) groups excluding carboxylic acids is 1. The first kappa shape index (κ1) is 17.3. The minimum absolute atomic E-state index is 0.167. The molecule has 5 heteroatoms. The number of pyridine rings is 1. The molecule has 1 aromatic carbocycles. The van der Waals surface area contributed by atoms with Gasteiger partial charge in [-0.15, -0.1) is 0 Å². The van der Waals surface area contributed by atoms with Crippen LogP contribution in [0.25, 0.3) is 0 Å². The average molecular weight is 339 g/mol. The summed E-state index contributed by atoms with van der Waals surface area (Å²) in [6.07, 6.45) is 8.09. The van der Waals surface area contributed by atoms with Gasteiger partial charge in [0.05, 0.1) is 19.0 Å². The van der Waals surface area contributed by atoms with Crippen LogP contribution < -0.4 is 15.4 Å². The minimum Gasteiger partial charge on any atom is -0.497 e. The Morgan fingerprint density at radius 2 is 1.88 bits per heavy atom. The van der Waals surface area contributed by atoms with Crippen LogP contribution in [0, 0.1) is 0 Å². The molecule has 25 heavy (non-hydrogen) atoms. The van der Waals surface area contributed by atoms with Crippen molar-refractivity contribution in [2.75, 3.05) is 12.4 Å². The zero-order valence-electron chi connectivity index (χ0n) is 14.6. The first-order chi connectivity index (χ1) is 12.2. The maximum atomic E-state index is 12.2. The van der Waals surface area contributed by atoms with Crippen LogP contribution in [0.3, 0.4) is 0 Å². The summed E-state index contributed by atoms with van der Waals surface area (Å²) in [5, 5.41) is 6.40. The molecule has 0 saturated heterocycles. The molecule has 0 aliphatic heterocycles. The van der Waals surface area contributed by atoms with E-state index in [0.29, 0.717) is 18.3 Å². The van der Waals surface area contributed by atoms with E-state index in [2.05, 4.69) is 15.6 Å². The first-order valence-corrected chi connectivity index (χ1v) is 8.88. The molecule has 2 aromatic rings. The highest BCUT2D eigenvalue weighted by molar-refractivity contribution is 5.92. The highest BCUT2D eigenvalue weighted by Crippen LogP contribution is 2.21. The summed E-state index contributed by atoms with van der Waals surface area (Å²) < 4.78 is 5.13. The third kappa shape index (κ3) is 4.95. The van der Waals surface area contributed by atoms with Crippen molar-refractivity contribution in [3.05, 3.63) is 53.9 Å². The van der Waals surface area contributed by atoms with Gasteiger partial charge < -0.3 is 15.4 Å². The lowest BCUT2D eigenvalue weighted by Crippen LogP contribution is -2.24. The van der Waals surface area contributed by atoms with Crippen LogP contribution in [0.5, 0.6) is 5.75 Å². The number of hydrogen-bond donors (Lipinski definition) is 2. The molecule has 3 rings (SSSR count). The second-order valence-corrected chi connectivity index (χ2v) is 6.44. The predicted molar refractivity (Wildman–Crippen MR) is 98.9 cm³/mol. The fourth-order valence-corrected chi connectivity index (χ4v) is 3.11. The topological polar surface area (TPSA) is 63.2 Å². The van der Waals surface area contributed by atoms with E-state index in [1.165, 1.54) is 32.1 Å². The fraction of sp³-hybridized carbons (Fsp3) is 0.400. The third-order valence-corrected chi connectivity index (χ3v) is 4.58. The van der Waals surface area contributed by atoms with Crippen LogP contribution in [0.2, 0.25) is 0 Å². The number of nitrogens with zero attached hydrogens (tertiary/aromatic N) is 1. The van der Waals surface area contributed by atoms with Gasteiger partial charge in [0.15, 0.2) is 0 Å². The predicted octanol–water partition coefficient (Wildman–Crippen LogP) is 3.76. The van der Waals surface area contributed by atoms with Gasteiger partial charge in [0, 0.05) is 12.6 Å². The van der Waals surface area contributed by atoms with E-state index in [0.717, 1.165) is 17.0 Å². The van der Waals surface area contributed by atoms with E-state index in [1.807, 2.05) is 30.3 Å². The number of ether oxygens (including phenoxy) is 1. The van der Waals surface area contributed by atoms with E-state index in [1.54, 1.807) is 19.4 Å². The minimum atomic E-state index is -0.167. The quantitative estimate of drug-likeness (QED) is 0.841. The Morgan fingerprint density at radius 1 is 1.12 bits per heavy atom. The summed E-state index contributed by atoms with van der Waals surface area (Å²) in [5.74, 6) is 0.637. The molecule has 1 amide bonds. The van der Waals surface area contributed by atoms with Gasteiger partial charge in [0.1, 0.15) is 11.4 Å². The number of nitrogens with one attached hydrogen (secondary N) is 2. The number of aromatic nitrogens is 1. The van der Waals surface area contributed by atoms with Gasteiger partial charge in [0.2, 0.25) is 0 Å². The smallest absolute Gasteiger partial charge is 0.270 e. The molecule has 1 saturated carbocycles. The summed E-state index contributed by atoms with van der Waals surface area (Å²) in [4.78, 5) is 16.5. The standard InChI is InChI=1S/C20H25N3O2/c1-25-18-10-7-15(8-11-18)13-22-20(24)19-12-9-17(14-21-19)23-16-5-3-2-4-6-16/h7-12,14,16,23H,2-6,13H2,1H3,(H,22,24). The van der Waals surface area contributed by atoms with Crippen LogP contribution in [0.1, 0.15) is 48.2 Å². The van der Waals surface area contributed by atoms with Crippen molar-refractivity contribution in [2.45, 2.75) is 44.7 Å². The summed E-state index contributed by atoms with van der Waals surface area (Å²) in [5.41, 5.74) is 2.44. The van der Waals surface area contributed by atoms with Crippen molar-refractivity contribution < 1.29 is 9.53 Å². The van der Waals surface area contributed by atoms with Crippen molar-refractivity contribution in [2.24, 2.45) is 0 Å². The van der Waals surface area contributed by atoms with E-state index >= 15 is 0 Å².